The first-order chi connectivity index (χ1) is 16.5. The second-order valence-electron chi connectivity index (χ2n) is 7.84. The molecule has 0 radical (unpaired) electrons. The Morgan fingerprint density at radius 2 is 1.82 bits per heavy atom. The summed E-state index contributed by atoms with van der Waals surface area (Å²) in [7, 11) is 0. The van der Waals surface area contributed by atoms with Crippen LogP contribution in [0.3, 0.4) is 0 Å². The van der Waals surface area contributed by atoms with E-state index >= 15 is 0 Å². The molecule has 8 heteroatoms. The third kappa shape index (κ3) is 4.51. The average Bonchev–Trinajstić information content (AvgIpc) is 2.84. The number of halogens is 1. The molecule has 0 spiro atoms. The highest BCUT2D eigenvalue weighted by Crippen LogP contribution is 2.37. The molecule has 0 saturated carbocycles. The van der Waals surface area contributed by atoms with Crippen LogP contribution in [-0.4, -0.2) is 28.3 Å². The fourth-order valence-corrected chi connectivity index (χ4v) is 4.06. The number of aliphatic carboxylic acids is 1. The predicted molar refractivity (Wildman–Crippen MR) is 128 cm³/mol. The quantitative estimate of drug-likeness (QED) is 0.396. The minimum absolute atomic E-state index is 0.174. The molecule has 5 rings (SSSR count). The molecular formula is C26H19ClN2O5. The molecule has 1 aliphatic heterocycles. The molecule has 0 fully saturated rings. The molecule has 170 valence electrons. The van der Waals surface area contributed by atoms with Gasteiger partial charge in [-0.15, -0.1) is 0 Å². The number of amides is 1. The average molecular weight is 475 g/mol. The summed E-state index contributed by atoms with van der Waals surface area (Å²) in [6.07, 6.45) is -0.584. The van der Waals surface area contributed by atoms with Crippen LogP contribution < -0.4 is 14.8 Å². The summed E-state index contributed by atoms with van der Waals surface area (Å²) in [5.41, 5.74) is 1.77. The Kier molecular flexibility index (Phi) is 5.77. The Balaban J connectivity index is 1.26. The van der Waals surface area contributed by atoms with E-state index in [4.69, 9.17) is 21.1 Å². The Hall–Kier alpha value is -4.10. The number of para-hydroxylation sites is 1. The van der Waals surface area contributed by atoms with Crippen LogP contribution in [0.4, 0.5) is 5.82 Å². The van der Waals surface area contributed by atoms with Crippen LogP contribution in [0.2, 0.25) is 5.02 Å². The van der Waals surface area contributed by atoms with Crippen LogP contribution in [-0.2, 0) is 4.79 Å². The molecule has 4 aromatic rings. The van der Waals surface area contributed by atoms with E-state index in [1.54, 1.807) is 66.7 Å². The van der Waals surface area contributed by atoms with Crippen molar-refractivity contribution in [2.45, 2.75) is 18.6 Å². The number of hydrogen-bond donors (Lipinski definition) is 2. The zero-order valence-electron chi connectivity index (χ0n) is 17.8. The Labute approximate surface area is 199 Å². The fourth-order valence-electron chi connectivity index (χ4n) is 3.88. The normalized spacial score (nSPS) is 16.9. The monoisotopic (exact) mass is 474 g/mol. The summed E-state index contributed by atoms with van der Waals surface area (Å²) in [6.45, 7) is 0. The third-order valence-electron chi connectivity index (χ3n) is 5.56. The molecule has 0 aliphatic carbocycles. The maximum absolute atomic E-state index is 12.7. The zero-order chi connectivity index (χ0) is 23.7. The van der Waals surface area contributed by atoms with Crippen molar-refractivity contribution in [1.29, 1.82) is 0 Å². The highest BCUT2D eigenvalue weighted by atomic mass is 35.5. The van der Waals surface area contributed by atoms with Gasteiger partial charge < -0.3 is 19.9 Å². The number of carboxylic acids is 1. The van der Waals surface area contributed by atoms with Crippen molar-refractivity contribution in [3.63, 3.8) is 0 Å². The fraction of sp³-hybridized carbons (Fsp3) is 0.115. The number of benzene rings is 3. The van der Waals surface area contributed by atoms with Gasteiger partial charge in [-0.25, -0.2) is 4.98 Å². The number of rotatable bonds is 5. The summed E-state index contributed by atoms with van der Waals surface area (Å²) in [4.78, 5) is 28.8. The van der Waals surface area contributed by atoms with Gasteiger partial charge in [0.25, 0.3) is 5.91 Å². The van der Waals surface area contributed by atoms with Gasteiger partial charge in [-0.2, -0.15) is 0 Å². The molecule has 3 aromatic carbocycles. The van der Waals surface area contributed by atoms with Gasteiger partial charge in [0.15, 0.2) is 0 Å². The number of aromatic nitrogens is 1. The molecular weight excluding hydrogens is 456 g/mol. The van der Waals surface area contributed by atoms with E-state index in [1.165, 1.54) is 0 Å². The maximum atomic E-state index is 12.7. The lowest BCUT2D eigenvalue weighted by molar-refractivity contribution is -0.141. The largest absolute Gasteiger partial charge is 0.481 e. The van der Waals surface area contributed by atoms with Crippen LogP contribution in [0.1, 0.15) is 28.3 Å². The summed E-state index contributed by atoms with van der Waals surface area (Å²) < 4.78 is 11.7. The van der Waals surface area contributed by atoms with Gasteiger partial charge >= 0.3 is 5.97 Å². The van der Waals surface area contributed by atoms with E-state index < -0.39 is 18.2 Å². The molecule has 1 amide bonds. The molecule has 2 heterocycles. The second kappa shape index (κ2) is 9.03. The highest BCUT2D eigenvalue weighted by Gasteiger charge is 2.34. The van der Waals surface area contributed by atoms with Crippen LogP contribution in [0.15, 0.2) is 78.9 Å². The van der Waals surface area contributed by atoms with Crippen LogP contribution in [0, 0.1) is 0 Å². The smallest absolute Gasteiger partial charge is 0.311 e. The molecule has 7 nitrogen and oxygen atoms in total. The van der Waals surface area contributed by atoms with Crippen molar-refractivity contribution in [1.82, 2.24) is 4.98 Å². The first-order valence-corrected chi connectivity index (χ1v) is 11.0. The van der Waals surface area contributed by atoms with Crippen LogP contribution in [0.25, 0.3) is 10.9 Å². The molecule has 34 heavy (non-hydrogen) atoms. The number of anilines is 1. The number of nitrogens with one attached hydrogen (secondary N) is 1. The number of nitrogens with zero attached hydrogens (tertiary/aromatic N) is 1. The predicted octanol–water partition coefficient (Wildman–Crippen LogP) is 5.50. The Morgan fingerprint density at radius 1 is 1.03 bits per heavy atom. The summed E-state index contributed by atoms with van der Waals surface area (Å²) >= 11 is 6.00. The number of carbonyl (C=O) groups is 2. The molecule has 2 N–H and O–H groups in total. The van der Waals surface area contributed by atoms with E-state index in [9.17, 15) is 14.7 Å². The molecule has 0 saturated heterocycles. The molecule has 0 bridgehead atoms. The van der Waals surface area contributed by atoms with E-state index in [2.05, 4.69) is 10.3 Å². The lowest BCUT2D eigenvalue weighted by Crippen LogP contribution is -2.33. The van der Waals surface area contributed by atoms with Crippen molar-refractivity contribution in [3.8, 4) is 11.5 Å². The highest BCUT2D eigenvalue weighted by molar-refractivity contribution is 6.31. The van der Waals surface area contributed by atoms with Crippen LogP contribution in [0.5, 0.6) is 11.5 Å². The van der Waals surface area contributed by atoms with E-state index in [0.29, 0.717) is 33.5 Å². The van der Waals surface area contributed by atoms with Crippen molar-refractivity contribution in [2.75, 3.05) is 5.32 Å². The van der Waals surface area contributed by atoms with Gasteiger partial charge in [0, 0.05) is 28.0 Å². The minimum Gasteiger partial charge on any atom is -0.481 e. The van der Waals surface area contributed by atoms with Crippen molar-refractivity contribution in [3.05, 3.63) is 95.0 Å². The second-order valence-corrected chi connectivity index (χ2v) is 8.28. The van der Waals surface area contributed by atoms with Crippen molar-refractivity contribution >= 4 is 40.2 Å². The van der Waals surface area contributed by atoms with Crippen molar-refractivity contribution in [2.24, 2.45) is 0 Å². The number of fused-ring (bicyclic) bond motifs is 2. The zero-order valence-corrected chi connectivity index (χ0v) is 18.5. The van der Waals surface area contributed by atoms with Gasteiger partial charge in [0.1, 0.15) is 17.3 Å². The number of carboxylic acid groups (broad SMARTS) is 1. The first-order valence-electron chi connectivity index (χ1n) is 10.6. The Morgan fingerprint density at radius 3 is 2.62 bits per heavy atom. The van der Waals surface area contributed by atoms with Gasteiger partial charge in [0.2, 0.25) is 6.29 Å². The summed E-state index contributed by atoms with van der Waals surface area (Å²) in [5, 5.41) is 13.9. The molecule has 2 unspecified atom stereocenters. The third-order valence-corrected chi connectivity index (χ3v) is 5.79. The summed E-state index contributed by atoms with van der Waals surface area (Å²) in [6, 6.07) is 22.5. The first kappa shape index (κ1) is 21.7. The van der Waals surface area contributed by atoms with Gasteiger partial charge in [-0.1, -0.05) is 29.8 Å². The van der Waals surface area contributed by atoms with Gasteiger partial charge in [-0.05, 0) is 60.7 Å². The van der Waals surface area contributed by atoms with E-state index in [-0.39, 0.29) is 12.3 Å². The molecule has 1 aromatic heterocycles. The minimum atomic E-state index is -0.929. The molecule has 1 aliphatic rings. The topological polar surface area (TPSA) is 97.8 Å². The standard InChI is InChI=1S/C26H19ClN2O5/c27-17-8-11-21-16(13-17)7-12-23(28-21)29-25(30)15-5-9-18(10-6-15)33-24-14-20(26(31)32)19-3-1-2-4-22(19)34-24/h1-13,20,24H,14H2,(H,31,32)(H,28,29,30). The Bertz CT molecular complexity index is 1390. The number of ether oxygens (including phenoxy) is 2. The van der Waals surface area contributed by atoms with Gasteiger partial charge in [-0.3, -0.25) is 9.59 Å². The summed E-state index contributed by atoms with van der Waals surface area (Å²) in [5.74, 6) is -0.583. The lowest BCUT2D eigenvalue weighted by atomic mass is 9.92. The van der Waals surface area contributed by atoms with Gasteiger partial charge in [0.05, 0.1) is 11.4 Å². The van der Waals surface area contributed by atoms with E-state index in [1.807, 2.05) is 12.1 Å². The number of pyridine rings is 1. The van der Waals surface area contributed by atoms with E-state index in [0.717, 1.165) is 10.9 Å². The number of hydrogen-bond acceptors (Lipinski definition) is 5. The lowest BCUT2D eigenvalue weighted by Gasteiger charge is -2.30. The van der Waals surface area contributed by atoms with Crippen molar-refractivity contribution < 1.29 is 24.2 Å². The molecule has 2 atom stereocenters. The SMILES string of the molecule is O=C(Nc1ccc2cc(Cl)ccc2n1)c1ccc(OC2CC(C(=O)O)c3ccccc3O2)cc1. The maximum Gasteiger partial charge on any atom is 0.311 e. The number of carbonyl (C=O) groups excluding carboxylic acids is 1. The van der Waals surface area contributed by atoms with Crippen LogP contribution >= 0.6 is 11.6 Å².